The molecule has 2 heterocycles. The lowest BCUT2D eigenvalue weighted by molar-refractivity contribution is 0.159. The highest BCUT2D eigenvalue weighted by atomic mass is 32.2. The molecule has 2 rings (SSSR count). The maximum absolute atomic E-state index is 3.67. The summed E-state index contributed by atoms with van der Waals surface area (Å²) >= 11 is 1.97. The normalized spacial score (nSPS) is 33.4. The highest BCUT2D eigenvalue weighted by molar-refractivity contribution is 7.98. The Bertz CT molecular complexity index is 180. The average molecular weight is 228 g/mol. The molecule has 1 N–H and O–H groups in total. The van der Waals surface area contributed by atoms with Gasteiger partial charge in [-0.15, -0.1) is 0 Å². The van der Waals surface area contributed by atoms with Crippen molar-refractivity contribution in [2.75, 3.05) is 38.2 Å². The zero-order chi connectivity index (χ0) is 10.5. The Balaban J connectivity index is 1.75. The summed E-state index contributed by atoms with van der Waals surface area (Å²) in [5.74, 6) is 2.23. The van der Waals surface area contributed by atoms with Crippen molar-refractivity contribution in [3.63, 3.8) is 0 Å². The van der Waals surface area contributed by atoms with Crippen LogP contribution in [0.1, 0.15) is 25.7 Å². The van der Waals surface area contributed by atoms with Gasteiger partial charge in [0.15, 0.2) is 0 Å². The number of thioether (sulfide) groups is 1. The van der Waals surface area contributed by atoms with Crippen LogP contribution in [0.5, 0.6) is 0 Å². The van der Waals surface area contributed by atoms with Crippen LogP contribution in [-0.2, 0) is 0 Å². The van der Waals surface area contributed by atoms with Crippen LogP contribution in [0.4, 0.5) is 0 Å². The first-order chi connectivity index (χ1) is 7.40. The van der Waals surface area contributed by atoms with Gasteiger partial charge in [-0.2, -0.15) is 11.8 Å². The number of likely N-dealkylation sites (tertiary alicyclic amines) is 1. The monoisotopic (exact) mass is 228 g/mol. The van der Waals surface area contributed by atoms with E-state index in [4.69, 9.17) is 0 Å². The summed E-state index contributed by atoms with van der Waals surface area (Å²) in [6, 6.07) is 0.835. The first kappa shape index (κ1) is 11.7. The molecule has 2 saturated heterocycles. The molecule has 0 spiro atoms. The lowest BCUT2D eigenvalue weighted by Crippen LogP contribution is -2.44. The molecule has 2 nitrogen and oxygen atoms in total. The van der Waals surface area contributed by atoms with E-state index in [2.05, 4.69) is 16.5 Å². The fourth-order valence-corrected chi connectivity index (χ4v) is 3.40. The van der Waals surface area contributed by atoms with Crippen molar-refractivity contribution in [1.82, 2.24) is 10.2 Å². The smallest absolute Gasteiger partial charge is 0.0108 e. The summed E-state index contributed by atoms with van der Waals surface area (Å²) in [4.78, 5) is 2.67. The minimum Gasteiger partial charge on any atom is -0.314 e. The quantitative estimate of drug-likeness (QED) is 0.790. The van der Waals surface area contributed by atoms with Crippen molar-refractivity contribution in [1.29, 1.82) is 0 Å². The summed E-state index contributed by atoms with van der Waals surface area (Å²) in [5.41, 5.74) is 0. The van der Waals surface area contributed by atoms with E-state index in [1.54, 1.807) is 0 Å². The van der Waals surface area contributed by atoms with E-state index in [1.807, 2.05) is 11.8 Å². The molecule has 2 aliphatic heterocycles. The van der Waals surface area contributed by atoms with Gasteiger partial charge in [0.1, 0.15) is 0 Å². The van der Waals surface area contributed by atoms with Crippen LogP contribution in [0.25, 0.3) is 0 Å². The van der Waals surface area contributed by atoms with E-state index in [-0.39, 0.29) is 0 Å². The third-order valence-corrected chi connectivity index (χ3v) is 4.41. The van der Waals surface area contributed by atoms with E-state index in [1.165, 1.54) is 57.6 Å². The van der Waals surface area contributed by atoms with Crippen LogP contribution in [0.3, 0.4) is 0 Å². The van der Waals surface area contributed by atoms with Gasteiger partial charge in [-0.25, -0.2) is 0 Å². The molecule has 0 aliphatic carbocycles. The topological polar surface area (TPSA) is 15.3 Å². The molecule has 0 radical (unpaired) electrons. The molecule has 0 bridgehead atoms. The van der Waals surface area contributed by atoms with Crippen molar-refractivity contribution in [2.45, 2.75) is 31.7 Å². The zero-order valence-electron chi connectivity index (χ0n) is 9.87. The van der Waals surface area contributed by atoms with Crippen molar-refractivity contribution in [3.05, 3.63) is 0 Å². The fourth-order valence-electron chi connectivity index (χ4n) is 2.96. The number of hydrogen-bond acceptors (Lipinski definition) is 3. The van der Waals surface area contributed by atoms with Gasteiger partial charge in [0.2, 0.25) is 0 Å². The van der Waals surface area contributed by atoms with Gasteiger partial charge in [0.25, 0.3) is 0 Å². The molecule has 2 aliphatic rings. The summed E-state index contributed by atoms with van der Waals surface area (Å²) in [6.07, 6.45) is 7.89. The van der Waals surface area contributed by atoms with Crippen LogP contribution < -0.4 is 5.32 Å². The molecule has 0 amide bonds. The highest BCUT2D eigenvalue weighted by Crippen LogP contribution is 2.24. The van der Waals surface area contributed by atoms with Crippen molar-refractivity contribution in [3.8, 4) is 0 Å². The number of hydrogen-bond donors (Lipinski definition) is 1. The number of nitrogens with zero attached hydrogens (tertiary/aromatic N) is 1. The second kappa shape index (κ2) is 6.12. The summed E-state index contributed by atoms with van der Waals surface area (Å²) in [5, 5.41) is 3.67. The van der Waals surface area contributed by atoms with Gasteiger partial charge in [0.05, 0.1) is 0 Å². The molecule has 3 heteroatoms. The van der Waals surface area contributed by atoms with E-state index in [9.17, 15) is 0 Å². The van der Waals surface area contributed by atoms with Crippen LogP contribution >= 0.6 is 11.8 Å². The first-order valence-electron chi connectivity index (χ1n) is 6.35. The molecule has 15 heavy (non-hydrogen) atoms. The predicted molar refractivity (Wildman–Crippen MR) is 68.6 cm³/mol. The summed E-state index contributed by atoms with van der Waals surface area (Å²) in [7, 11) is 0. The van der Waals surface area contributed by atoms with E-state index in [0.29, 0.717) is 0 Å². The molecule has 2 atom stereocenters. The Hall–Kier alpha value is 0.270. The molecule has 2 unspecified atom stereocenters. The van der Waals surface area contributed by atoms with E-state index in [0.717, 1.165) is 12.0 Å². The molecule has 0 aromatic heterocycles. The van der Waals surface area contributed by atoms with Gasteiger partial charge < -0.3 is 10.2 Å². The number of piperidine rings is 1. The van der Waals surface area contributed by atoms with Gasteiger partial charge in [-0.05, 0) is 50.9 Å². The molecule has 2 fully saturated rings. The van der Waals surface area contributed by atoms with Crippen LogP contribution in [0, 0.1) is 5.92 Å². The minimum atomic E-state index is 0.835. The Labute approximate surface area is 98.2 Å². The first-order valence-corrected chi connectivity index (χ1v) is 7.74. The fraction of sp³-hybridized carbons (Fsp3) is 1.00. The standard InChI is InChI=1S/C12H24N2S/c1-15-9-8-14-7-3-4-11(10-14)12-5-2-6-13-12/h11-13H,2-10H2,1H3. The highest BCUT2D eigenvalue weighted by Gasteiger charge is 2.28. The third kappa shape index (κ3) is 3.36. The summed E-state index contributed by atoms with van der Waals surface area (Å²) < 4.78 is 0. The SMILES string of the molecule is CSCCN1CCCC(C2CCCN2)C1. The Morgan fingerprint density at radius 1 is 1.33 bits per heavy atom. The Morgan fingerprint density at radius 2 is 2.27 bits per heavy atom. The van der Waals surface area contributed by atoms with Crippen LogP contribution in [0.2, 0.25) is 0 Å². The molecular weight excluding hydrogens is 204 g/mol. The molecule has 0 aromatic rings. The third-order valence-electron chi connectivity index (χ3n) is 3.82. The molecular formula is C12H24N2S. The van der Waals surface area contributed by atoms with Crippen molar-refractivity contribution < 1.29 is 0 Å². The lowest BCUT2D eigenvalue weighted by Gasteiger charge is -2.35. The lowest BCUT2D eigenvalue weighted by atomic mass is 9.90. The van der Waals surface area contributed by atoms with Crippen molar-refractivity contribution >= 4 is 11.8 Å². The van der Waals surface area contributed by atoms with Crippen molar-refractivity contribution in [2.24, 2.45) is 5.92 Å². The largest absolute Gasteiger partial charge is 0.314 e. The number of rotatable bonds is 4. The maximum atomic E-state index is 3.67. The zero-order valence-corrected chi connectivity index (χ0v) is 10.7. The van der Waals surface area contributed by atoms with Gasteiger partial charge in [0, 0.05) is 24.9 Å². The molecule has 0 aromatic carbocycles. The van der Waals surface area contributed by atoms with E-state index < -0.39 is 0 Å². The summed E-state index contributed by atoms with van der Waals surface area (Å²) in [6.45, 7) is 5.23. The second-order valence-electron chi connectivity index (χ2n) is 4.90. The average Bonchev–Trinajstić information content (AvgIpc) is 2.80. The van der Waals surface area contributed by atoms with Crippen LogP contribution in [0.15, 0.2) is 0 Å². The van der Waals surface area contributed by atoms with Gasteiger partial charge in [-0.3, -0.25) is 0 Å². The van der Waals surface area contributed by atoms with E-state index >= 15 is 0 Å². The second-order valence-corrected chi connectivity index (χ2v) is 5.88. The molecule has 0 saturated carbocycles. The van der Waals surface area contributed by atoms with Crippen LogP contribution in [-0.4, -0.2) is 49.1 Å². The number of nitrogens with one attached hydrogen (secondary N) is 1. The Kier molecular flexibility index (Phi) is 4.79. The van der Waals surface area contributed by atoms with Gasteiger partial charge in [-0.1, -0.05) is 0 Å². The Morgan fingerprint density at radius 3 is 3.00 bits per heavy atom. The predicted octanol–water partition coefficient (Wildman–Crippen LogP) is 1.81. The van der Waals surface area contributed by atoms with Gasteiger partial charge >= 0.3 is 0 Å². The maximum Gasteiger partial charge on any atom is 0.0108 e. The molecule has 88 valence electrons. The minimum absolute atomic E-state index is 0.835.